The van der Waals surface area contributed by atoms with Crippen LogP contribution in [0.15, 0.2) is 24.3 Å². The van der Waals surface area contributed by atoms with Crippen molar-refractivity contribution in [2.24, 2.45) is 0 Å². The maximum absolute atomic E-state index is 2.64. The smallest absolute Gasteiger partial charge is 0.0150 e. The highest BCUT2D eigenvalue weighted by Gasteiger charge is 2.31. The molecule has 0 nitrogen and oxygen atoms in total. The van der Waals surface area contributed by atoms with Crippen molar-refractivity contribution in [3.05, 3.63) is 68.8 Å². The molecule has 0 saturated carbocycles. The lowest BCUT2D eigenvalue weighted by atomic mass is 9.82. The molecule has 0 bridgehead atoms. The summed E-state index contributed by atoms with van der Waals surface area (Å²) >= 11 is 0. The number of hydrogen-bond donors (Lipinski definition) is 0. The Morgan fingerprint density at radius 1 is 0.481 bits per heavy atom. The summed E-state index contributed by atoms with van der Waals surface area (Å²) in [5.74, 6) is 1.64. The first-order chi connectivity index (χ1) is 13.3. The van der Waals surface area contributed by atoms with E-state index >= 15 is 0 Å². The quantitative estimate of drug-likeness (QED) is 0.569. The lowest BCUT2D eigenvalue weighted by molar-refractivity contribution is 0.524. The summed E-state index contributed by atoms with van der Waals surface area (Å²) in [5, 5.41) is 0. The highest BCUT2D eigenvalue weighted by atomic mass is 14.4. The predicted octanol–water partition coefficient (Wildman–Crippen LogP) is 6.59. The van der Waals surface area contributed by atoms with Gasteiger partial charge >= 0.3 is 0 Å². The molecule has 0 saturated heterocycles. The summed E-state index contributed by atoms with van der Waals surface area (Å²) in [4.78, 5) is 0. The van der Waals surface area contributed by atoms with E-state index in [1.165, 1.54) is 83.5 Å². The molecular weight excluding hydrogens is 324 g/mol. The number of hydrogen-bond acceptors (Lipinski definition) is 0. The van der Waals surface area contributed by atoms with Crippen LogP contribution in [0, 0.1) is 0 Å². The second-order valence-corrected chi connectivity index (χ2v) is 9.76. The highest BCUT2D eigenvalue weighted by Crippen LogP contribution is 2.46. The van der Waals surface area contributed by atoms with E-state index in [4.69, 9.17) is 0 Å². The number of rotatable bonds is 2. The summed E-state index contributed by atoms with van der Waals surface area (Å²) in [6.07, 6.45) is 17.8. The SMILES string of the molecule is c1c2c(cc3c1CCC3CC1CCc3cc4c(cc31)CCCC4)CCCC2. The van der Waals surface area contributed by atoms with E-state index in [0.717, 1.165) is 11.8 Å². The van der Waals surface area contributed by atoms with E-state index in [-0.39, 0.29) is 0 Å². The summed E-state index contributed by atoms with van der Waals surface area (Å²) in [7, 11) is 0. The molecule has 2 unspecified atom stereocenters. The van der Waals surface area contributed by atoms with Gasteiger partial charge in [0.1, 0.15) is 0 Å². The van der Waals surface area contributed by atoms with Gasteiger partial charge in [-0.2, -0.15) is 0 Å². The minimum absolute atomic E-state index is 0.819. The van der Waals surface area contributed by atoms with Crippen LogP contribution in [0.3, 0.4) is 0 Å². The standard InChI is InChI=1S/C27H32/c1-3-7-20-16-26-22(13-18(20)5-1)9-11-24(26)15-25-12-10-23-14-19-6-2-4-8-21(19)17-27(23)25/h13-14,16-17,24-25H,1-12,15H2. The van der Waals surface area contributed by atoms with Crippen LogP contribution in [0.5, 0.6) is 0 Å². The summed E-state index contributed by atoms with van der Waals surface area (Å²) in [6.45, 7) is 0. The molecular formula is C27H32. The molecule has 4 aliphatic carbocycles. The molecule has 2 aromatic carbocycles. The van der Waals surface area contributed by atoms with Crippen LogP contribution in [-0.4, -0.2) is 0 Å². The molecule has 0 aromatic heterocycles. The van der Waals surface area contributed by atoms with Gasteiger partial charge in [-0.3, -0.25) is 0 Å². The molecule has 0 N–H and O–H groups in total. The van der Waals surface area contributed by atoms with Crippen LogP contribution < -0.4 is 0 Å². The van der Waals surface area contributed by atoms with E-state index in [9.17, 15) is 0 Å². The third-order valence-corrected chi connectivity index (χ3v) is 8.18. The third-order valence-electron chi connectivity index (χ3n) is 8.18. The number of aryl methyl sites for hydroxylation is 6. The van der Waals surface area contributed by atoms with Crippen molar-refractivity contribution < 1.29 is 0 Å². The monoisotopic (exact) mass is 356 g/mol. The van der Waals surface area contributed by atoms with Gasteiger partial charge in [0, 0.05) is 0 Å². The van der Waals surface area contributed by atoms with Crippen LogP contribution in [0.4, 0.5) is 0 Å². The molecule has 0 amide bonds. The van der Waals surface area contributed by atoms with Crippen molar-refractivity contribution in [1.82, 2.24) is 0 Å². The average Bonchev–Trinajstić information content (AvgIpc) is 3.28. The maximum atomic E-state index is 2.64. The lowest BCUT2D eigenvalue weighted by Crippen LogP contribution is -2.07. The molecule has 0 spiro atoms. The van der Waals surface area contributed by atoms with Crippen molar-refractivity contribution in [2.45, 2.75) is 95.3 Å². The van der Waals surface area contributed by atoms with Gasteiger partial charge < -0.3 is 0 Å². The van der Waals surface area contributed by atoms with Crippen LogP contribution >= 0.6 is 0 Å². The van der Waals surface area contributed by atoms with Gasteiger partial charge in [0.2, 0.25) is 0 Å². The molecule has 0 heterocycles. The fourth-order valence-electron chi connectivity index (χ4n) is 6.71. The lowest BCUT2D eigenvalue weighted by Gasteiger charge is -2.23. The van der Waals surface area contributed by atoms with E-state index in [0.29, 0.717) is 0 Å². The Labute approximate surface area is 164 Å². The molecule has 27 heavy (non-hydrogen) atoms. The molecule has 0 heteroatoms. The first-order valence-electron chi connectivity index (χ1n) is 11.6. The summed E-state index contributed by atoms with van der Waals surface area (Å²) < 4.78 is 0. The second-order valence-electron chi connectivity index (χ2n) is 9.76. The van der Waals surface area contributed by atoms with Crippen molar-refractivity contribution in [3.8, 4) is 0 Å². The Morgan fingerprint density at radius 3 is 1.33 bits per heavy atom. The Kier molecular flexibility index (Phi) is 3.95. The van der Waals surface area contributed by atoms with Crippen molar-refractivity contribution in [1.29, 1.82) is 0 Å². The normalized spacial score (nSPS) is 25.6. The Balaban J connectivity index is 1.28. The predicted molar refractivity (Wildman–Crippen MR) is 113 cm³/mol. The number of benzene rings is 2. The van der Waals surface area contributed by atoms with Crippen LogP contribution in [0.1, 0.15) is 101 Å². The van der Waals surface area contributed by atoms with E-state index in [2.05, 4.69) is 24.3 Å². The van der Waals surface area contributed by atoms with Crippen molar-refractivity contribution >= 4 is 0 Å². The fourth-order valence-corrected chi connectivity index (χ4v) is 6.71. The molecule has 0 fully saturated rings. The van der Waals surface area contributed by atoms with Gasteiger partial charge in [-0.15, -0.1) is 0 Å². The Bertz CT molecular complexity index is 814. The summed E-state index contributed by atoms with van der Waals surface area (Å²) in [6, 6.07) is 10.5. The molecule has 2 aromatic rings. The van der Waals surface area contributed by atoms with E-state index in [1.54, 1.807) is 44.5 Å². The Morgan fingerprint density at radius 2 is 0.889 bits per heavy atom. The maximum Gasteiger partial charge on any atom is -0.0150 e. The van der Waals surface area contributed by atoms with Crippen LogP contribution in [0.2, 0.25) is 0 Å². The highest BCUT2D eigenvalue weighted by molar-refractivity contribution is 5.47. The zero-order valence-corrected chi connectivity index (χ0v) is 16.7. The topological polar surface area (TPSA) is 0 Å². The average molecular weight is 357 g/mol. The van der Waals surface area contributed by atoms with Gasteiger partial charge in [0.05, 0.1) is 0 Å². The zero-order chi connectivity index (χ0) is 17.8. The molecule has 6 rings (SSSR count). The minimum atomic E-state index is 0.819. The van der Waals surface area contributed by atoms with Crippen LogP contribution in [-0.2, 0) is 38.5 Å². The van der Waals surface area contributed by atoms with Crippen molar-refractivity contribution in [2.75, 3.05) is 0 Å². The van der Waals surface area contributed by atoms with Crippen molar-refractivity contribution in [3.63, 3.8) is 0 Å². The van der Waals surface area contributed by atoms with E-state index < -0.39 is 0 Å². The zero-order valence-electron chi connectivity index (χ0n) is 16.7. The second kappa shape index (κ2) is 6.50. The third kappa shape index (κ3) is 2.79. The number of fused-ring (bicyclic) bond motifs is 4. The molecule has 0 aliphatic heterocycles. The molecule has 0 radical (unpaired) electrons. The molecule has 2 atom stereocenters. The van der Waals surface area contributed by atoms with E-state index in [1.807, 2.05) is 0 Å². The Hall–Kier alpha value is -1.56. The van der Waals surface area contributed by atoms with Crippen LogP contribution in [0.25, 0.3) is 0 Å². The minimum Gasteiger partial charge on any atom is -0.0553 e. The van der Waals surface area contributed by atoms with Gasteiger partial charge in [-0.25, -0.2) is 0 Å². The first kappa shape index (κ1) is 16.4. The molecule has 4 aliphatic rings. The first-order valence-corrected chi connectivity index (χ1v) is 11.6. The fraction of sp³-hybridized carbons (Fsp3) is 0.556. The van der Waals surface area contributed by atoms with Gasteiger partial charge in [-0.1, -0.05) is 24.3 Å². The molecule has 140 valence electrons. The van der Waals surface area contributed by atoms with Gasteiger partial charge in [-0.05, 0) is 140 Å². The largest absolute Gasteiger partial charge is 0.0553 e. The summed E-state index contributed by atoms with van der Waals surface area (Å²) in [5.41, 5.74) is 13.6. The van der Waals surface area contributed by atoms with Gasteiger partial charge in [0.15, 0.2) is 0 Å². The van der Waals surface area contributed by atoms with Gasteiger partial charge in [0.25, 0.3) is 0 Å².